The molecule has 0 saturated heterocycles. The van der Waals surface area contributed by atoms with Gasteiger partial charge < -0.3 is 20.3 Å². The fourth-order valence-electron chi connectivity index (χ4n) is 3.74. The van der Waals surface area contributed by atoms with Gasteiger partial charge in [0.05, 0.1) is 30.0 Å². The molecule has 3 aromatic rings. The summed E-state index contributed by atoms with van der Waals surface area (Å²) in [6, 6.07) is 11.4. The molecule has 2 N–H and O–H groups in total. The Kier molecular flexibility index (Phi) is 5.90. The standard InChI is InChI=1S/C23H24N4O3S/c1-14(28)24-18-5-7-22(30-3)19(11-18)26-23(29)12-27-9-8-17-10-16(4-6-21(17)27)20-13-31-15(2)25-20/h4-7,10-11,13H,8-9,12H2,1-3H3,(H,24,28)(H,26,29). The maximum atomic E-state index is 12.8. The van der Waals surface area contributed by atoms with E-state index in [1.165, 1.54) is 12.5 Å². The molecule has 0 fully saturated rings. The van der Waals surface area contributed by atoms with Crippen molar-refractivity contribution in [2.24, 2.45) is 0 Å². The Labute approximate surface area is 185 Å². The van der Waals surface area contributed by atoms with Crippen molar-refractivity contribution >= 4 is 40.2 Å². The number of hydrogen-bond acceptors (Lipinski definition) is 6. The van der Waals surface area contributed by atoms with E-state index in [0.29, 0.717) is 17.1 Å². The number of hydrogen-bond donors (Lipinski definition) is 2. The van der Waals surface area contributed by atoms with Crippen LogP contribution in [0.3, 0.4) is 0 Å². The molecule has 0 spiro atoms. The van der Waals surface area contributed by atoms with Crippen molar-refractivity contribution < 1.29 is 14.3 Å². The molecular formula is C23H24N4O3S. The topological polar surface area (TPSA) is 83.6 Å². The number of benzene rings is 2. The molecule has 8 heteroatoms. The Morgan fingerprint density at radius 3 is 2.74 bits per heavy atom. The number of amides is 2. The largest absolute Gasteiger partial charge is 0.495 e. The van der Waals surface area contributed by atoms with Crippen LogP contribution < -0.4 is 20.3 Å². The van der Waals surface area contributed by atoms with Crippen molar-refractivity contribution in [1.82, 2.24) is 4.98 Å². The van der Waals surface area contributed by atoms with E-state index in [1.54, 1.807) is 36.6 Å². The second-order valence-corrected chi connectivity index (χ2v) is 8.47. The molecule has 2 heterocycles. The Bertz CT molecular complexity index is 1140. The molecule has 0 bridgehead atoms. The van der Waals surface area contributed by atoms with Gasteiger partial charge in [0, 0.05) is 35.8 Å². The van der Waals surface area contributed by atoms with Gasteiger partial charge in [0.1, 0.15) is 5.75 Å². The fraction of sp³-hybridized carbons (Fsp3) is 0.261. The van der Waals surface area contributed by atoms with Crippen LogP contribution in [0.1, 0.15) is 17.5 Å². The zero-order valence-electron chi connectivity index (χ0n) is 17.7. The highest BCUT2D eigenvalue weighted by molar-refractivity contribution is 7.09. The minimum Gasteiger partial charge on any atom is -0.495 e. The first-order chi connectivity index (χ1) is 14.9. The van der Waals surface area contributed by atoms with E-state index in [0.717, 1.165) is 34.9 Å². The first-order valence-electron chi connectivity index (χ1n) is 9.99. The predicted octanol–water partition coefficient (Wildman–Crippen LogP) is 4.09. The fourth-order valence-corrected chi connectivity index (χ4v) is 4.36. The number of nitrogens with zero attached hydrogens (tertiary/aromatic N) is 2. The lowest BCUT2D eigenvalue weighted by Crippen LogP contribution is -2.32. The third-order valence-corrected chi connectivity index (χ3v) is 5.89. The lowest BCUT2D eigenvalue weighted by molar-refractivity contribution is -0.115. The first kappa shape index (κ1) is 20.9. The second kappa shape index (κ2) is 8.77. The Morgan fingerprint density at radius 2 is 2.03 bits per heavy atom. The minimum atomic E-state index is -0.178. The van der Waals surface area contributed by atoms with Crippen molar-refractivity contribution in [1.29, 1.82) is 0 Å². The van der Waals surface area contributed by atoms with Crippen molar-refractivity contribution in [3.8, 4) is 17.0 Å². The molecule has 1 aliphatic rings. The van der Waals surface area contributed by atoms with Crippen molar-refractivity contribution in [2.45, 2.75) is 20.3 Å². The van der Waals surface area contributed by atoms with Gasteiger partial charge in [-0.3, -0.25) is 9.59 Å². The Balaban J connectivity index is 1.47. The van der Waals surface area contributed by atoms with Gasteiger partial charge in [-0.1, -0.05) is 6.07 Å². The number of ether oxygens (including phenoxy) is 1. The van der Waals surface area contributed by atoms with Crippen molar-refractivity contribution in [2.75, 3.05) is 35.7 Å². The van der Waals surface area contributed by atoms with E-state index in [4.69, 9.17) is 4.74 Å². The number of nitrogens with one attached hydrogen (secondary N) is 2. The molecule has 0 atom stereocenters. The summed E-state index contributed by atoms with van der Waals surface area (Å²) in [6.07, 6.45) is 0.890. The molecule has 0 radical (unpaired) electrons. The monoisotopic (exact) mass is 436 g/mol. The van der Waals surface area contributed by atoms with Crippen LogP contribution in [-0.2, 0) is 16.0 Å². The lowest BCUT2D eigenvalue weighted by Gasteiger charge is -2.20. The van der Waals surface area contributed by atoms with E-state index in [1.807, 2.05) is 6.92 Å². The smallest absolute Gasteiger partial charge is 0.243 e. The summed E-state index contributed by atoms with van der Waals surface area (Å²) in [4.78, 5) is 30.7. The van der Waals surface area contributed by atoms with Gasteiger partial charge in [0.25, 0.3) is 0 Å². The number of fused-ring (bicyclic) bond motifs is 1. The van der Waals surface area contributed by atoms with E-state index in [2.05, 4.69) is 44.1 Å². The third kappa shape index (κ3) is 4.69. The van der Waals surface area contributed by atoms with Crippen LogP contribution in [0.4, 0.5) is 17.1 Å². The summed E-state index contributed by atoms with van der Waals surface area (Å²) in [6.45, 7) is 4.46. The normalized spacial score (nSPS) is 12.4. The molecule has 7 nitrogen and oxygen atoms in total. The van der Waals surface area contributed by atoms with Crippen LogP contribution in [0, 0.1) is 6.92 Å². The average Bonchev–Trinajstić information content (AvgIpc) is 3.34. The highest BCUT2D eigenvalue weighted by atomic mass is 32.1. The zero-order chi connectivity index (χ0) is 22.0. The van der Waals surface area contributed by atoms with Crippen LogP contribution in [0.5, 0.6) is 5.75 Å². The van der Waals surface area contributed by atoms with Crippen LogP contribution in [-0.4, -0.2) is 37.0 Å². The van der Waals surface area contributed by atoms with Gasteiger partial charge in [-0.15, -0.1) is 11.3 Å². The zero-order valence-corrected chi connectivity index (χ0v) is 18.5. The number of carbonyl (C=O) groups excluding carboxylic acids is 2. The molecule has 2 aromatic carbocycles. The van der Waals surface area contributed by atoms with Crippen LogP contribution in [0.25, 0.3) is 11.3 Å². The number of anilines is 3. The summed E-state index contributed by atoms with van der Waals surface area (Å²) >= 11 is 1.64. The van der Waals surface area contributed by atoms with Crippen LogP contribution in [0.15, 0.2) is 41.8 Å². The highest BCUT2D eigenvalue weighted by Gasteiger charge is 2.22. The molecule has 0 aliphatic carbocycles. The molecule has 1 aromatic heterocycles. The van der Waals surface area contributed by atoms with E-state index >= 15 is 0 Å². The minimum absolute atomic E-state index is 0.148. The predicted molar refractivity (Wildman–Crippen MR) is 124 cm³/mol. The average molecular weight is 437 g/mol. The first-order valence-corrected chi connectivity index (χ1v) is 10.9. The van der Waals surface area contributed by atoms with Gasteiger partial charge in [-0.05, 0) is 49.2 Å². The summed E-state index contributed by atoms with van der Waals surface area (Å²) in [5.74, 6) is 0.209. The molecule has 0 saturated carbocycles. The molecule has 4 rings (SSSR count). The summed E-state index contributed by atoms with van der Waals surface area (Å²) < 4.78 is 5.34. The molecular weight excluding hydrogens is 412 g/mol. The lowest BCUT2D eigenvalue weighted by atomic mass is 10.1. The Hall–Kier alpha value is -3.39. The molecule has 1 aliphatic heterocycles. The van der Waals surface area contributed by atoms with Crippen molar-refractivity contribution in [3.63, 3.8) is 0 Å². The molecule has 160 valence electrons. The Morgan fingerprint density at radius 1 is 1.19 bits per heavy atom. The maximum Gasteiger partial charge on any atom is 0.243 e. The van der Waals surface area contributed by atoms with Gasteiger partial charge in [0.15, 0.2) is 0 Å². The van der Waals surface area contributed by atoms with Gasteiger partial charge in [0.2, 0.25) is 11.8 Å². The van der Waals surface area contributed by atoms with Gasteiger partial charge in [-0.2, -0.15) is 0 Å². The van der Waals surface area contributed by atoms with E-state index in [9.17, 15) is 9.59 Å². The molecule has 0 unspecified atom stereocenters. The van der Waals surface area contributed by atoms with Gasteiger partial charge in [-0.25, -0.2) is 4.98 Å². The third-order valence-electron chi connectivity index (χ3n) is 5.11. The number of rotatable bonds is 6. The summed E-state index contributed by atoms with van der Waals surface area (Å²) in [5, 5.41) is 8.74. The summed E-state index contributed by atoms with van der Waals surface area (Å²) in [7, 11) is 1.54. The summed E-state index contributed by atoms with van der Waals surface area (Å²) in [5.41, 5.74) is 5.51. The SMILES string of the molecule is COc1ccc(NC(C)=O)cc1NC(=O)CN1CCc2cc(-c3csc(C)n3)ccc21. The molecule has 2 amide bonds. The quantitative estimate of drug-likeness (QED) is 0.608. The number of carbonyl (C=O) groups is 2. The molecule has 31 heavy (non-hydrogen) atoms. The highest BCUT2D eigenvalue weighted by Crippen LogP contribution is 2.33. The van der Waals surface area contributed by atoms with Gasteiger partial charge >= 0.3 is 0 Å². The number of aromatic nitrogens is 1. The van der Waals surface area contributed by atoms with Crippen molar-refractivity contribution in [3.05, 3.63) is 52.3 Å². The van der Waals surface area contributed by atoms with E-state index in [-0.39, 0.29) is 18.4 Å². The second-order valence-electron chi connectivity index (χ2n) is 7.41. The number of thiazole rings is 1. The maximum absolute atomic E-state index is 12.8. The van der Waals surface area contributed by atoms with Crippen LogP contribution in [0.2, 0.25) is 0 Å². The number of methoxy groups -OCH3 is 1. The number of aryl methyl sites for hydroxylation is 1. The van der Waals surface area contributed by atoms with Crippen LogP contribution >= 0.6 is 11.3 Å². The van der Waals surface area contributed by atoms with E-state index < -0.39 is 0 Å².